The highest BCUT2D eigenvalue weighted by atomic mass is 79.9. The Labute approximate surface area is 109 Å². The maximum absolute atomic E-state index is 11.8. The summed E-state index contributed by atoms with van der Waals surface area (Å²) in [6.07, 6.45) is 0. The van der Waals surface area contributed by atoms with Gasteiger partial charge in [-0.1, -0.05) is 15.9 Å². The topological polar surface area (TPSA) is 32.3 Å². The number of benzene rings is 1. The molecule has 5 heteroatoms. The molecular formula is C11H14BrClN2O. The van der Waals surface area contributed by atoms with E-state index in [0.29, 0.717) is 19.0 Å². The first kappa shape index (κ1) is 13.3. The van der Waals surface area contributed by atoms with E-state index in [1.807, 2.05) is 31.2 Å². The van der Waals surface area contributed by atoms with Gasteiger partial charge in [0, 0.05) is 29.1 Å². The van der Waals surface area contributed by atoms with Crippen LogP contribution in [0.4, 0.5) is 10.5 Å². The van der Waals surface area contributed by atoms with E-state index in [1.165, 1.54) is 0 Å². The fraction of sp³-hybridized carbons (Fsp3) is 0.364. The zero-order chi connectivity index (χ0) is 12.0. The van der Waals surface area contributed by atoms with Crippen LogP contribution in [0.3, 0.4) is 0 Å². The van der Waals surface area contributed by atoms with Gasteiger partial charge in [-0.2, -0.15) is 0 Å². The molecule has 1 N–H and O–H groups in total. The number of urea groups is 1. The number of rotatable bonds is 4. The van der Waals surface area contributed by atoms with Gasteiger partial charge >= 0.3 is 6.03 Å². The Morgan fingerprint density at radius 1 is 1.44 bits per heavy atom. The molecule has 0 spiro atoms. The minimum Gasteiger partial charge on any atom is -0.338 e. The van der Waals surface area contributed by atoms with Crippen LogP contribution in [0.5, 0.6) is 0 Å². The number of carbonyl (C=O) groups excluding carboxylic acids is 1. The summed E-state index contributed by atoms with van der Waals surface area (Å²) in [5, 5.41) is 2.76. The number of nitrogens with zero attached hydrogens (tertiary/aromatic N) is 1. The van der Waals surface area contributed by atoms with Crippen molar-refractivity contribution in [1.82, 2.24) is 5.32 Å². The second kappa shape index (κ2) is 6.76. The van der Waals surface area contributed by atoms with E-state index in [0.717, 1.165) is 10.2 Å². The smallest absolute Gasteiger partial charge is 0.321 e. The maximum Gasteiger partial charge on any atom is 0.321 e. The molecule has 0 heterocycles. The molecule has 0 unspecified atom stereocenters. The Kier molecular flexibility index (Phi) is 5.63. The third kappa shape index (κ3) is 3.68. The number of anilines is 1. The molecule has 1 aromatic rings. The van der Waals surface area contributed by atoms with E-state index >= 15 is 0 Å². The van der Waals surface area contributed by atoms with Crippen LogP contribution >= 0.6 is 27.5 Å². The Bertz CT molecular complexity index is 342. The molecule has 0 aliphatic rings. The van der Waals surface area contributed by atoms with Crippen LogP contribution in [0, 0.1) is 0 Å². The highest BCUT2D eigenvalue weighted by Gasteiger charge is 2.13. The van der Waals surface area contributed by atoms with Crippen LogP contribution in [0.25, 0.3) is 0 Å². The highest BCUT2D eigenvalue weighted by molar-refractivity contribution is 9.10. The minimum atomic E-state index is -0.120. The zero-order valence-electron chi connectivity index (χ0n) is 9.04. The maximum atomic E-state index is 11.8. The predicted molar refractivity (Wildman–Crippen MR) is 71.3 cm³/mol. The van der Waals surface area contributed by atoms with Crippen molar-refractivity contribution in [2.75, 3.05) is 23.9 Å². The van der Waals surface area contributed by atoms with Crippen LogP contribution in [-0.4, -0.2) is 25.0 Å². The average molecular weight is 306 g/mol. The van der Waals surface area contributed by atoms with Gasteiger partial charge in [0.05, 0.1) is 0 Å². The molecule has 0 atom stereocenters. The Morgan fingerprint density at radius 2 is 2.06 bits per heavy atom. The van der Waals surface area contributed by atoms with Crippen LogP contribution in [0.2, 0.25) is 0 Å². The normalized spacial score (nSPS) is 9.94. The summed E-state index contributed by atoms with van der Waals surface area (Å²) in [4.78, 5) is 13.4. The Hall–Kier alpha value is -0.740. The second-order valence-electron chi connectivity index (χ2n) is 3.15. The van der Waals surface area contributed by atoms with Crippen molar-refractivity contribution in [3.8, 4) is 0 Å². The monoisotopic (exact) mass is 304 g/mol. The van der Waals surface area contributed by atoms with Gasteiger partial charge in [-0.25, -0.2) is 4.79 Å². The lowest BCUT2D eigenvalue weighted by Gasteiger charge is -2.21. The lowest BCUT2D eigenvalue weighted by molar-refractivity contribution is 0.247. The number of alkyl halides is 1. The van der Waals surface area contributed by atoms with Gasteiger partial charge < -0.3 is 5.32 Å². The fourth-order valence-electron chi connectivity index (χ4n) is 1.30. The summed E-state index contributed by atoms with van der Waals surface area (Å²) in [7, 11) is 0. The molecule has 0 saturated carbocycles. The van der Waals surface area contributed by atoms with Gasteiger partial charge in [-0.3, -0.25) is 4.90 Å². The SMILES string of the molecule is CCNC(=O)N(CCCl)c1ccc(Br)cc1. The van der Waals surface area contributed by atoms with Gasteiger partial charge in [0.15, 0.2) is 0 Å². The first-order valence-electron chi connectivity index (χ1n) is 5.06. The molecular weight excluding hydrogens is 291 g/mol. The molecule has 88 valence electrons. The van der Waals surface area contributed by atoms with Crippen molar-refractivity contribution in [2.45, 2.75) is 6.92 Å². The lowest BCUT2D eigenvalue weighted by Crippen LogP contribution is -2.41. The quantitative estimate of drug-likeness (QED) is 0.851. The highest BCUT2D eigenvalue weighted by Crippen LogP contribution is 2.18. The van der Waals surface area contributed by atoms with E-state index in [4.69, 9.17) is 11.6 Å². The molecule has 16 heavy (non-hydrogen) atoms. The second-order valence-corrected chi connectivity index (χ2v) is 4.45. The molecule has 1 rings (SSSR count). The van der Waals surface area contributed by atoms with Gasteiger partial charge in [0.1, 0.15) is 0 Å². The first-order chi connectivity index (χ1) is 7.69. The van der Waals surface area contributed by atoms with Gasteiger partial charge in [0.2, 0.25) is 0 Å². The van der Waals surface area contributed by atoms with Crippen LogP contribution < -0.4 is 10.2 Å². The van der Waals surface area contributed by atoms with Crippen molar-refractivity contribution in [3.05, 3.63) is 28.7 Å². The molecule has 2 amide bonds. The van der Waals surface area contributed by atoms with E-state index in [9.17, 15) is 4.79 Å². The number of halogens is 2. The van der Waals surface area contributed by atoms with Crippen molar-refractivity contribution in [1.29, 1.82) is 0 Å². The van der Waals surface area contributed by atoms with Crippen molar-refractivity contribution in [2.24, 2.45) is 0 Å². The van der Waals surface area contributed by atoms with E-state index in [-0.39, 0.29) is 6.03 Å². The van der Waals surface area contributed by atoms with Crippen molar-refractivity contribution in [3.63, 3.8) is 0 Å². The van der Waals surface area contributed by atoms with Gasteiger partial charge in [-0.05, 0) is 31.2 Å². The molecule has 0 saturated heterocycles. The first-order valence-corrected chi connectivity index (χ1v) is 6.38. The summed E-state index contributed by atoms with van der Waals surface area (Å²) in [6.45, 7) is 2.99. The third-order valence-electron chi connectivity index (χ3n) is 2.02. The molecule has 0 aliphatic heterocycles. The number of hydrogen-bond acceptors (Lipinski definition) is 1. The molecule has 0 aromatic heterocycles. The molecule has 0 radical (unpaired) electrons. The summed E-state index contributed by atoms with van der Waals surface area (Å²) in [5.74, 6) is 0.410. The molecule has 0 aliphatic carbocycles. The third-order valence-corrected chi connectivity index (χ3v) is 2.72. The van der Waals surface area contributed by atoms with Gasteiger partial charge in [-0.15, -0.1) is 11.6 Å². The molecule has 1 aromatic carbocycles. The zero-order valence-corrected chi connectivity index (χ0v) is 11.4. The van der Waals surface area contributed by atoms with Crippen molar-refractivity contribution < 1.29 is 4.79 Å². The molecule has 0 bridgehead atoms. The van der Waals surface area contributed by atoms with Crippen LogP contribution in [0.1, 0.15) is 6.92 Å². The predicted octanol–water partition coefficient (Wildman–Crippen LogP) is 3.22. The summed E-state index contributed by atoms with van der Waals surface area (Å²) in [5.41, 5.74) is 0.842. The number of amides is 2. The summed E-state index contributed by atoms with van der Waals surface area (Å²) >= 11 is 9.05. The number of hydrogen-bond donors (Lipinski definition) is 1. The largest absolute Gasteiger partial charge is 0.338 e. The molecule has 3 nitrogen and oxygen atoms in total. The fourth-order valence-corrected chi connectivity index (χ4v) is 1.73. The number of carbonyl (C=O) groups is 1. The van der Waals surface area contributed by atoms with Crippen LogP contribution in [-0.2, 0) is 0 Å². The van der Waals surface area contributed by atoms with Crippen LogP contribution in [0.15, 0.2) is 28.7 Å². The van der Waals surface area contributed by atoms with E-state index < -0.39 is 0 Å². The van der Waals surface area contributed by atoms with Crippen molar-refractivity contribution >= 4 is 39.2 Å². The molecule has 0 fully saturated rings. The average Bonchev–Trinajstić information content (AvgIpc) is 2.28. The van der Waals surface area contributed by atoms with E-state index in [2.05, 4.69) is 21.2 Å². The number of nitrogens with one attached hydrogen (secondary N) is 1. The summed E-state index contributed by atoms with van der Waals surface area (Å²) < 4.78 is 0.984. The Balaban J connectivity index is 2.84. The standard InChI is InChI=1S/C11H14BrClN2O/c1-2-14-11(16)15(8-7-13)10-5-3-9(12)4-6-10/h3-6H,2,7-8H2,1H3,(H,14,16). The Morgan fingerprint density at radius 3 is 2.56 bits per heavy atom. The summed E-state index contributed by atoms with van der Waals surface area (Å²) in [6, 6.07) is 7.44. The minimum absolute atomic E-state index is 0.120. The van der Waals surface area contributed by atoms with E-state index in [1.54, 1.807) is 4.90 Å². The lowest BCUT2D eigenvalue weighted by atomic mass is 10.3. The van der Waals surface area contributed by atoms with Gasteiger partial charge in [0.25, 0.3) is 0 Å².